The molecule has 0 spiro atoms. The van der Waals surface area contributed by atoms with E-state index < -0.39 is 0 Å². The molecule has 84 valence electrons. The molecule has 1 atom stereocenters. The molecule has 1 saturated heterocycles. The standard InChI is InChI=1S/C13H16N2O/c1-10-7-12(8-14)3-4-13(10)15-5-6-16-9-11(15)2/h3-4,7,11H,5-6,9H2,1-2H3. The number of anilines is 1. The molecule has 16 heavy (non-hydrogen) atoms. The smallest absolute Gasteiger partial charge is 0.0991 e. The highest BCUT2D eigenvalue weighted by atomic mass is 16.5. The van der Waals surface area contributed by atoms with Gasteiger partial charge in [0.2, 0.25) is 0 Å². The molecule has 1 aliphatic heterocycles. The van der Waals surface area contributed by atoms with Gasteiger partial charge in [0.1, 0.15) is 0 Å². The minimum Gasteiger partial charge on any atom is -0.377 e. The van der Waals surface area contributed by atoms with E-state index >= 15 is 0 Å². The molecule has 0 amide bonds. The molecule has 1 unspecified atom stereocenters. The Balaban J connectivity index is 2.29. The monoisotopic (exact) mass is 216 g/mol. The summed E-state index contributed by atoms with van der Waals surface area (Å²) in [7, 11) is 0. The molecule has 3 heteroatoms. The fraction of sp³-hybridized carbons (Fsp3) is 0.462. The van der Waals surface area contributed by atoms with Crippen molar-refractivity contribution in [2.45, 2.75) is 19.9 Å². The maximum Gasteiger partial charge on any atom is 0.0991 e. The van der Waals surface area contributed by atoms with Gasteiger partial charge in [-0.2, -0.15) is 5.26 Å². The number of nitriles is 1. The average molecular weight is 216 g/mol. The second-order valence-electron chi connectivity index (χ2n) is 4.23. The Bertz CT molecular complexity index is 422. The average Bonchev–Trinajstić information content (AvgIpc) is 2.30. The summed E-state index contributed by atoms with van der Waals surface area (Å²) in [5.74, 6) is 0. The van der Waals surface area contributed by atoms with Gasteiger partial charge in [0.15, 0.2) is 0 Å². The molecule has 1 aliphatic rings. The van der Waals surface area contributed by atoms with E-state index in [0.29, 0.717) is 6.04 Å². The van der Waals surface area contributed by atoms with Crippen LogP contribution in [0.3, 0.4) is 0 Å². The predicted molar refractivity (Wildman–Crippen MR) is 63.5 cm³/mol. The van der Waals surface area contributed by atoms with Gasteiger partial charge in [-0.3, -0.25) is 0 Å². The normalized spacial score (nSPS) is 20.6. The molecule has 0 saturated carbocycles. The van der Waals surface area contributed by atoms with Gasteiger partial charge < -0.3 is 9.64 Å². The topological polar surface area (TPSA) is 36.3 Å². The molecule has 1 aromatic rings. The summed E-state index contributed by atoms with van der Waals surface area (Å²) in [6.07, 6.45) is 0. The maximum atomic E-state index is 8.83. The molecule has 3 nitrogen and oxygen atoms in total. The summed E-state index contributed by atoms with van der Waals surface area (Å²) in [6, 6.07) is 8.43. The van der Waals surface area contributed by atoms with E-state index in [1.807, 2.05) is 18.2 Å². The molecule has 0 radical (unpaired) electrons. The summed E-state index contributed by atoms with van der Waals surface area (Å²) in [5, 5.41) is 8.83. The van der Waals surface area contributed by atoms with Gasteiger partial charge in [-0.25, -0.2) is 0 Å². The highest BCUT2D eigenvalue weighted by molar-refractivity contribution is 5.57. The number of hydrogen-bond acceptors (Lipinski definition) is 3. The first-order chi connectivity index (χ1) is 7.72. The van der Waals surface area contributed by atoms with E-state index in [9.17, 15) is 0 Å². The van der Waals surface area contributed by atoms with Crippen LogP contribution in [0, 0.1) is 18.3 Å². The third kappa shape index (κ3) is 2.02. The Morgan fingerprint density at radius 2 is 2.31 bits per heavy atom. The molecular weight excluding hydrogens is 200 g/mol. The molecule has 0 aliphatic carbocycles. The van der Waals surface area contributed by atoms with Crippen LogP contribution in [0.5, 0.6) is 0 Å². The highest BCUT2D eigenvalue weighted by Gasteiger charge is 2.20. The van der Waals surface area contributed by atoms with Crippen molar-refractivity contribution < 1.29 is 4.74 Å². The first-order valence-corrected chi connectivity index (χ1v) is 5.57. The van der Waals surface area contributed by atoms with Crippen molar-refractivity contribution in [1.29, 1.82) is 5.26 Å². The molecule has 0 N–H and O–H groups in total. The minimum absolute atomic E-state index is 0.403. The fourth-order valence-electron chi connectivity index (χ4n) is 2.13. The number of rotatable bonds is 1. The number of hydrogen-bond donors (Lipinski definition) is 0. The van der Waals surface area contributed by atoms with Crippen LogP contribution in [0.4, 0.5) is 5.69 Å². The van der Waals surface area contributed by atoms with Gasteiger partial charge >= 0.3 is 0 Å². The number of ether oxygens (including phenoxy) is 1. The lowest BCUT2D eigenvalue weighted by Gasteiger charge is -2.36. The van der Waals surface area contributed by atoms with Crippen LogP contribution in [0.1, 0.15) is 18.1 Å². The van der Waals surface area contributed by atoms with Gasteiger partial charge in [-0.15, -0.1) is 0 Å². The van der Waals surface area contributed by atoms with Crippen LogP contribution in [0.2, 0.25) is 0 Å². The quantitative estimate of drug-likeness (QED) is 0.721. The number of morpholine rings is 1. The van der Waals surface area contributed by atoms with Crippen LogP contribution in [0.15, 0.2) is 18.2 Å². The number of benzene rings is 1. The van der Waals surface area contributed by atoms with E-state index in [2.05, 4.69) is 24.8 Å². The predicted octanol–water partition coefficient (Wildman–Crippen LogP) is 2.09. The molecule has 1 aromatic carbocycles. The third-order valence-corrected chi connectivity index (χ3v) is 3.00. The summed E-state index contributed by atoms with van der Waals surface area (Å²) in [4.78, 5) is 2.35. The molecule has 1 fully saturated rings. The largest absolute Gasteiger partial charge is 0.377 e. The number of nitrogens with zero attached hydrogens (tertiary/aromatic N) is 2. The van der Waals surface area contributed by atoms with Gasteiger partial charge in [0.05, 0.1) is 24.8 Å². The first kappa shape index (κ1) is 11.0. The summed E-state index contributed by atoms with van der Waals surface area (Å²) < 4.78 is 5.42. The lowest BCUT2D eigenvalue weighted by Crippen LogP contribution is -2.44. The van der Waals surface area contributed by atoms with Gasteiger partial charge in [-0.1, -0.05) is 0 Å². The number of aryl methyl sites for hydroxylation is 1. The van der Waals surface area contributed by atoms with Crippen LogP contribution >= 0.6 is 0 Å². The molecule has 2 rings (SSSR count). The summed E-state index contributed by atoms with van der Waals surface area (Å²) in [6.45, 7) is 6.70. The van der Waals surface area contributed by atoms with Crippen molar-refractivity contribution in [1.82, 2.24) is 0 Å². The van der Waals surface area contributed by atoms with E-state index in [-0.39, 0.29) is 0 Å². The second-order valence-corrected chi connectivity index (χ2v) is 4.23. The van der Waals surface area contributed by atoms with Crippen molar-refractivity contribution in [3.8, 4) is 6.07 Å². The Kier molecular flexibility index (Phi) is 3.12. The van der Waals surface area contributed by atoms with Gasteiger partial charge in [0, 0.05) is 18.3 Å². The zero-order valence-electron chi connectivity index (χ0n) is 9.73. The van der Waals surface area contributed by atoms with Gasteiger partial charge in [0.25, 0.3) is 0 Å². The summed E-state index contributed by atoms with van der Waals surface area (Å²) >= 11 is 0. The van der Waals surface area contributed by atoms with E-state index in [0.717, 1.165) is 30.9 Å². The zero-order chi connectivity index (χ0) is 11.5. The van der Waals surface area contributed by atoms with Crippen molar-refractivity contribution in [3.05, 3.63) is 29.3 Å². The molecular formula is C13H16N2O. The first-order valence-electron chi connectivity index (χ1n) is 5.57. The van der Waals surface area contributed by atoms with E-state index in [1.165, 1.54) is 5.69 Å². The molecule has 1 heterocycles. The van der Waals surface area contributed by atoms with Gasteiger partial charge in [-0.05, 0) is 37.6 Å². The SMILES string of the molecule is Cc1cc(C#N)ccc1N1CCOCC1C. The van der Waals surface area contributed by atoms with E-state index in [4.69, 9.17) is 10.00 Å². The maximum absolute atomic E-state index is 8.83. The fourth-order valence-corrected chi connectivity index (χ4v) is 2.13. The molecule has 0 bridgehead atoms. The highest BCUT2D eigenvalue weighted by Crippen LogP contribution is 2.24. The lowest BCUT2D eigenvalue weighted by molar-refractivity contribution is 0.0989. The van der Waals surface area contributed by atoms with E-state index in [1.54, 1.807) is 0 Å². The van der Waals surface area contributed by atoms with Crippen molar-refractivity contribution in [2.75, 3.05) is 24.7 Å². The van der Waals surface area contributed by atoms with Crippen LogP contribution in [-0.4, -0.2) is 25.8 Å². The van der Waals surface area contributed by atoms with Crippen LogP contribution in [0.25, 0.3) is 0 Å². The van der Waals surface area contributed by atoms with Crippen molar-refractivity contribution in [3.63, 3.8) is 0 Å². The Labute approximate surface area is 96.2 Å². The van der Waals surface area contributed by atoms with Crippen molar-refractivity contribution in [2.24, 2.45) is 0 Å². The van der Waals surface area contributed by atoms with Crippen molar-refractivity contribution >= 4 is 5.69 Å². The third-order valence-electron chi connectivity index (χ3n) is 3.00. The Hall–Kier alpha value is -1.53. The van der Waals surface area contributed by atoms with Crippen LogP contribution in [-0.2, 0) is 4.74 Å². The zero-order valence-corrected chi connectivity index (χ0v) is 9.73. The second kappa shape index (κ2) is 4.54. The minimum atomic E-state index is 0.403. The lowest BCUT2D eigenvalue weighted by atomic mass is 10.1. The molecule has 0 aromatic heterocycles. The Morgan fingerprint density at radius 3 is 2.94 bits per heavy atom. The van der Waals surface area contributed by atoms with Crippen LogP contribution < -0.4 is 4.90 Å². The Morgan fingerprint density at radius 1 is 1.50 bits per heavy atom. The summed E-state index contributed by atoms with van der Waals surface area (Å²) in [5.41, 5.74) is 3.10.